The van der Waals surface area contributed by atoms with Crippen molar-refractivity contribution in [1.82, 2.24) is 15.0 Å². The van der Waals surface area contributed by atoms with Gasteiger partial charge >= 0.3 is 5.97 Å². The summed E-state index contributed by atoms with van der Waals surface area (Å²) in [6.45, 7) is 4.38. The zero-order valence-corrected chi connectivity index (χ0v) is 9.23. The Labute approximate surface area is 88.4 Å². The Kier molecular flexibility index (Phi) is 3.79. The van der Waals surface area contributed by atoms with Crippen molar-refractivity contribution in [2.24, 2.45) is 5.73 Å². The van der Waals surface area contributed by atoms with Crippen LogP contribution in [0.3, 0.4) is 0 Å². The van der Waals surface area contributed by atoms with Crippen molar-refractivity contribution >= 4 is 5.97 Å². The minimum Gasteiger partial charge on any atom is -0.464 e. The summed E-state index contributed by atoms with van der Waals surface area (Å²) in [6.07, 6.45) is 0.565. The normalized spacial score (nSPS) is 10.7. The van der Waals surface area contributed by atoms with Crippen LogP contribution in [0.2, 0.25) is 0 Å². The fourth-order valence-corrected chi connectivity index (χ4v) is 1.35. The van der Waals surface area contributed by atoms with Gasteiger partial charge in [0.1, 0.15) is 0 Å². The standard InChI is InChI=1S/C9H16N4O2/c1-6(2)13-7(4-5-10)8(11-12-13)9(14)15-3/h6H,4-5,10H2,1-3H3. The third-order valence-corrected chi connectivity index (χ3v) is 2.04. The third kappa shape index (κ3) is 2.33. The summed E-state index contributed by atoms with van der Waals surface area (Å²) in [5.74, 6) is -0.467. The van der Waals surface area contributed by atoms with Crippen LogP contribution in [0, 0.1) is 0 Å². The van der Waals surface area contributed by atoms with E-state index in [-0.39, 0.29) is 11.7 Å². The van der Waals surface area contributed by atoms with Crippen LogP contribution in [0.25, 0.3) is 0 Å². The van der Waals surface area contributed by atoms with E-state index in [2.05, 4.69) is 15.0 Å². The van der Waals surface area contributed by atoms with E-state index in [1.165, 1.54) is 7.11 Å². The number of hydrogen-bond donors (Lipinski definition) is 1. The molecule has 2 N–H and O–H groups in total. The summed E-state index contributed by atoms with van der Waals surface area (Å²) < 4.78 is 6.31. The number of aromatic nitrogens is 3. The quantitative estimate of drug-likeness (QED) is 0.718. The maximum absolute atomic E-state index is 11.4. The molecule has 0 aliphatic carbocycles. The first-order chi connectivity index (χ1) is 7.11. The van der Waals surface area contributed by atoms with Crippen molar-refractivity contribution in [2.75, 3.05) is 13.7 Å². The van der Waals surface area contributed by atoms with Gasteiger partial charge in [-0.3, -0.25) is 0 Å². The Bertz CT molecular complexity index is 346. The molecule has 0 aliphatic heterocycles. The monoisotopic (exact) mass is 212 g/mol. The average molecular weight is 212 g/mol. The molecule has 0 unspecified atom stereocenters. The highest BCUT2D eigenvalue weighted by molar-refractivity contribution is 5.88. The van der Waals surface area contributed by atoms with Crippen LogP contribution in [0.4, 0.5) is 0 Å². The Morgan fingerprint density at radius 2 is 2.27 bits per heavy atom. The van der Waals surface area contributed by atoms with E-state index in [9.17, 15) is 4.79 Å². The number of nitrogens with zero attached hydrogens (tertiary/aromatic N) is 3. The molecule has 6 heteroatoms. The Hall–Kier alpha value is -1.43. The highest BCUT2D eigenvalue weighted by Gasteiger charge is 2.20. The second-order valence-corrected chi connectivity index (χ2v) is 3.45. The van der Waals surface area contributed by atoms with E-state index >= 15 is 0 Å². The summed E-state index contributed by atoms with van der Waals surface area (Å²) in [6, 6.07) is 0.150. The SMILES string of the molecule is COC(=O)c1nnn(C(C)C)c1CCN. The zero-order chi connectivity index (χ0) is 11.4. The highest BCUT2D eigenvalue weighted by atomic mass is 16.5. The first-order valence-corrected chi connectivity index (χ1v) is 4.84. The van der Waals surface area contributed by atoms with Gasteiger partial charge in [-0.05, 0) is 20.4 Å². The average Bonchev–Trinajstić information content (AvgIpc) is 2.61. The maximum Gasteiger partial charge on any atom is 0.360 e. The number of hydrogen-bond acceptors (Lipinski definition) is 5. The van der Waals surface area contributed by atoms with Crippen LogP contribution >= 0.6 is 0 Å². The van der Waals surface area contributed by atoms with Crippen LogP contribution in [0.5, 0.6) is 0 Å². The number of esters is 1. The summed E-state index contributed by atoms with van der Waals surface area (Å²) in [7, 11) is 1.32. The molecule has 1 rings (SSSR count). The maximum atomic E-state index is 11.4. The molecule has 0 radical (unpaired) electrons. The van der Waals surface area contributed by atoms with E-state index < -0.39 is 5.97 Å². The predicted molar refractivity (Wildman–Crippen MR) is 54.5 cm³/mol. The number of rotatable bonds is 4. The van der Waals surface area contributed by atoms with Crippen molar-refractivity contribution < 1.29 is 9.53 Å². The van der Waals surface area contributed by atoms with Crippen molar-refractivity contribution in [1.29, 1.82) is 0 Å². The fraction of sp³-hybridized carbons (Fsp3) is 0.667. The number of carbonyl (C=O) groups excluding carboxylic acids is 1. The minimum absolute atomic E-state index is 0.150. The molecule has 0 spiro atoms. The summed E-state index contributed by atoms with van der Waals surface area (Å²) in [5.41, 5.74) is 6.47. The molecule has 0 aliphatic rings. The molecular formula is C9H16N4O2. The van der Waals surface area contributed by atoms with Gasteiger partial charge in [0.15, 0.2) is 5.69 Å². The van der Waals surface area contributed by atoms with Crippen molar-refractivity contribution in [3.63, 3.8) is 0 Å². The Morgan fingerprint density at radius 3 is 2.73 bits per heavy atom. The van der Waals surface area contributed by atoms with E-state index in [0.29, 0.717) is 13.0 Å². The number of nitrogens with two attached hydrogens (primary N) is 1. The molecule has 0 saturated heterocycles. The van der Waals surface area contributed by atoms with Gasteiger partial charge in [0, 0.05) is 12.5 Å². The number of ether oxygens (including phenoxy) is 1. The Morgan fingerprint density at radius 1 is 1.60 bits per heavy atom. The van der Waals surface area contributed by atoms with E-state index in [0.717, 1.165) is 5.69 Å². The molecule has 15 heavy (non-hydrogen) atoms. The van der Waals surface area contributed by atoms with Crippen LogP contribution < -0.4 is 5.73 Å². The molecule has 84 valence electrons. The molecule has 0 bridgehead atoms. The summed E-state index contributed by atoms with van der Waals surface area (Å²) >= 11 is 0. The topological polar surface area (TPSA) is 83.0 Å². The molecule has 6 nitrogen and oxygen atoms in total. The van der Waals surface area contributed by atoms with Gasteiger partial charge in [0.05, 0.1) is 12.8 Å². The zero-order valence-electron chi connectivity index (χ0n) is 9.23. The third-order valence-electron chi connectivity index (χ3n) is 2.04. The van der Waals surface area contributed by atoms with Crippen LogP contribution in [-0.4, -0.2) is 34.6 Å². The molecule has 1 aromatic rings. The first kappa shape index (κ1) is 11.6. The number of carbonyl (C=O) groups is 1. The number of methoxy groups -OCH3 is 1. The predicted octanol–water partition coefficient (Wildman–Crippen LogP) is 0.147. The lowest BCUT2D eigenvalue weighted by Crippen LogP contribution is -2.15. The molecule has 1 aromatic heterocycles. The second-order valence-electron chi connectivity index (χ2n) is 3.45. The van der Waals surface area contributed by atoms with Gasteiger partial charge in [-0.15, -0.1) is 5.10 Å². The molecule has 0 aromatic carbocycles. The van der Waals surface area contributed by atoms with Crippen molar-refractivity contribution in [3.05, 3.63) is 11.4 Å². The first-order valence-electron chi connectivity index (χ1n) is 4.84. The van der Waals surface area contributed by atoms with Gasteiger partial charge in [0.2, 0.25) is 0 Å². The summed E-state index contributed by atoms with van der Waals surface area (Å²) in [5, 5.41) is 7.72. The van der Waals surface area contributed by atoms with E-state index in [4.69, 9.17) is 5.73 Å². The van der Waals surface area contributed by atoms with E-state index in [1.807, 2.05) is 13.8 Å². The molecule has 0 saturated carbocycles. The minimum atomic E-state index is -0.467. The van der Waals surface area contributed by atoms with Crippen molar-refractivity contribution in [3.8, 4) is 0 Å². The molecule has 1 heterocycles. The molecular weight excluding hydrogens is 196 g/mol. The van der Waals surface area contributed by atoms with Crippen LogP contribution in [0.1, 0.15) is 36.1 Å². The Balaban J connectivity index is 3.11. The smallest absolute Gasteiger partial charge is 0.360 e. The van der Waals surface area contributed by atoms with Gasteiger partial charge < -0.3 is 10.5 Å². The fourth-order valence-electron chi connectivity index (χ4n) is 1.35. The molecule has 0 atom stereocenters. The van der Waals surface area contributed by atoms with Gasteiger partial charge in [-0.1, -0.05) is 5.21 Å². The van der Waals surface area contributed by atoms with Gasteiger partial charge in [-0.25, -0.2) is 9.48 Å². The molecule has 0 amide bonds. The molecule has 0 fully saturated rings. The van der Waals surface area contributed by atoms with Crippen molar-refractivity contribution in [2.45, 2.75) is 26.3 Å². The van der Waals surface area contributed by atoms with Crippen LogP contribution in [-0.2, 0) is 11.2 Å². The lowest BCUT2D eigenvalue weighted by molar-refractivity contribution is 0.0592. The van der Waals surface area contributed by atoms with Gasteiger partial charge in [0.25, 0.3) is 0 Å². The highest BCUT2D eigenvalue weighted by Crippen LogP contribution is 2.12. The lowest BCUT2D eigenvalue weighted by Gasteiger charge is -2.09. The van der Waals surface area contributed by atoms with Crippen LogP contribution in [0.15, 0.2) is 0 Å². The largest absolute Gasteiger partial charge is 0.464 e. The van der Waals surface area contributed by atoms with E-state index in [1.54, 1.807) is 4.68 Å². The second kappa shape index (κ2) is 4.88. The summed E-state index contributed by atoms with van der Waals surface area (Å²) in [4.78, 5) is 11.4. The lowest BCUT2D eigenvalue weighted by atomic mass is 10.2. The van der Waals surface area contributed by atoms with Gasteiger partial charge in [-0.2, -0.15) is 0 Å².